The summed E-state index contributed by atoms with van der Waals surface area (Å²) in [5, 5.41) is 26.4. The quantitative estimate of drug-likeness (QED) is 0.209. The van der Waals surface area contributed by atoms with Crippen LogP contribution in [0.5, 0.6) is 5.75 Å². The molecular weight excluding hydrogens is 486 g/mol. The number of carboxylic acids is 2. The van der Waals surface area contributed by atoms with Crippen molar-refractivity contribution >= 4 is 23.7 Å². The summed E-state index contributed by atoms with van der Waals surface area (Å²) < 4.78 is 5.70. The molecule has 208 valence electrons. The first-order valence-electron chi connectivity index (χ1n) is 11.6. The van der Waals surface area contributed by atoms with Crippen molar-refractivity contribution in [1.29, 1.82) is 0 Å². The van der Waals surface area contributed by atoms with E-state index in [1.165, 1.54) is 12.1 Å². The van der Waals surface area contributed by atoms with Gasteiger partial charge in [-0.15, -0.1) is 0 Å². The van der Waals surface area contributed by atoms with E-state index in [-0.39, 0.29) is 17.8 Å². The second-order valence-corrected chi connectivity index (χ2v) is 8.77. The average Bonchev–Trinajstić information content (AvgIpc) is 2.80. The number of benzene rings is 1. The van der Waals surface area contributed by atoms with Gasteiger partial charge in [-0.1, -0.05) is 0 Å². The second kappa shape index (κ2) is 17.7. The van der Waals surface area contributed by atoms with E-state index in [0.29, 0.717) is 44.1 Å². The Morgan fingerprint density at radius 3 is 1.70 bits per heavy atom. The van der Waals surface area contributed by atoms with Gasteiger partial charge in [-0.3, -0.25) is 10.1 Å². The van der Waals surface area contributed by atoms with Crippen LogP contribution in [0.2, 0.25) is 0 Å². The molecule has 0 saturated heterocycles. The third kappa shape index (κ3) is 15.8. The van der Waals surface area contributed by atoms with Gasteiger partial charge in [-0.2, -0.15) is 0 Å². The number of carboxylic acid groups (broad SMARTS) is 2. The molecule has 1 aromatic rings. The lowest BCUT2D eigenvalue weighted by Gasteiger charge is -2.34. The minimum Gasteiger partial charge on any atom is -0.492 e. The molecule has 0 atom stereocenters. The summed E-state index contributed by atoms with van der Waals surface area (Å²) in [6.45, 7) is 7.64. The summed E-state index contributed by atoms with van der Waals surface area (Å²) in [5.74, 6) is -1.97. The summed E-state index contributed by atoms with van der Waals surface area (Å²) in [7, 11) is 7.97. The van der Waals surface area contributed by atoms with Crippen molar-refractivity contribution in [2.24, 2.45) is 0 Å². The van der Waals surface area contributed by atoms with Crippen LogP contribution in [0, 0.1) is 10.1 Å². The van der Waals surface area contributed by atoms with Crippen LogP contribution < -0.4 is 4.74 Å². The Labute approximate surface area is 217 Å². The van der Waals surface area contributed by atoms with E-state index in [9.17, 15) is 24.5 Å². The van der Waals surface area contributed by atoms with Crippen molar-refractivity contribution in [3.05, 3.63) is 46.5 Å². The number of nitro groups is 1. The first-order valence-corrected chi connectivity index (χ1v) is 11.6. The Morgan fingerprint density at radius 2 is 1.35 bits per heavy atom. The number of hydrogen-bond acceptors (Lipinski definition) is 8. The number of hydrogen-bond donors (Lipinski definition) is 2. The second-order valence-electron chi connectivity index (χ2n) is 8.77. The fourth-order valence-electron chi connectivity index (χ4n) is 2.77. The molecule has 13 heteroatoms. The molecule has 13 nitrogen and oxygen atoms in total. The van der Waals surface area contributed by atoms with Crippen LogP contribution in [-0.2, 0) is 9.59 Å². The highest BCUT2D eigenvalue weighted by Gasteiger charge is 2.23. The number of non-ortho nitro benzene ring substituents is 1. The molecule has 0 spiro atoms. The van der Waals surface area contributed by atoms with Crippen LogP contribution in [0.15, 0.2) is 36.4 Å². The largest absolute Gasteiger partial charge is 0.492 e. The van der Waals surface area contributed by atoms with Crippen molar-refractivity contribution in [3.63, 3.8) is 0 Å². The molecule has 1 aromatic carbocycles. The first-order chi connectivity index (χ1) is 17.2. The lowest BCUT2D eigenvalue weighted by atomic mass is 10.3. The molecule has 37 heavy (non-hydrogen) atoms. The van der Waals surface area contributed by atoms with Crippen LogP contribution in [0.4, 0.5) is 10.5 Å². The molecule has 2 amide bonds. The molecule has 0 aliphatic rings. The van der Waals surface area contributed by atoms with Gasteiger partial charge in [-0.25, -0.2) is 14.4 Å². The molecule has 0 aliphatic carbocycles. The van der Waals surface area contributed by atoms with Gasteiger partial charge in [0.05, 0.1) is 11.5 Å². The van der Waals surface area contributed by atoms with Crippen molar-refractivity contribution in [1.82, 2.24) is 19.6 Å². The van der Waals surface area contributed by atoms with Gasteiger partial charge in [0, 0.05) is 56.5 Å². The summed E-state index contributed by atoms with van der Waals surface area (Å²) in [6, 6.07) is 5.98. The number of carbonyl (C=O) groups excluding carboxylic acids is 1. The number of nitro benzene ring substituents is 1. The van der Waals surface area contributed by atoms with Crippen LogP contribution in [-0.4, -0.2) is 126 Å². The number of likely N-dealkylation sites (N-methyl/N-ethyl adjacent to an activating group) is 2. The maximum absolute atomic E-state index is 13.2. The average molecular weight is 526 g/mol. The van der Waals surface area contributed by atoms with E-state index in [1.54, 1.807) is 17.0 Å². The van der Waals surface area contributed by atoms with E-state index in [2.05, 4.69) is 9.80 Å². The zero-order valence-electron chi connectivity index (χ0n) is 22.4. The van der Waals surface area contributed by atoms with Crippen molar-refractivity contribution < 1.29 is 34.3 Å². The van der Waals surface area contributed by atoms with Gasteiger partial charge in [-0.05, 0) is 54.2 Å². The molecule has 1 rings (SSSR count). The number of carbonyl (C=O) groups is 3. The number of urea groups is 1. The highest BCUT2D eigenvalue weighted by Crippen LogP contribution is 2.17. The molecule has 0 fully saturated rings. The number of amides is 2. The standard InChI is InChI=1S/C20H35N5O4.C4H4O4/c1-17(2)24(15-16-29-19-9-7-18(8-10-19)25(27)28)20(26)23(13-11-21(3)4)14-12-22(5)6;5-3(6)1-2-4(7)8/h7-10,17H,11-16H2,1-6H3;1-2H,(H,5,6)(H,7,8)/b;2-1+. The SMILES string of the molecule is CC(C)N(CCOc1ccc([N+](=O)[O-])cc1)C(=O)N(CCN(C)C)CCN(C)C.O=C(O)/C=C/C(=O)O. The van der Waals surface area contributed by atoms with Crippen LogP contribution >= 0.6 is 0 Å². The van der Waals surface area contributed by atoms with E-state index in [4.69, 9.17) is 14.9 Å². The highest BCUT2D eigenvalue weighted by molar-refractivity contribution is 5.89. The van der Waals surface area contributed by atoms with Crippen molar-refractivity contribution in [3.8, 4) is 5.75 Å². The highest BCUT2D eigenvalue weighted by atomic mass is 16.6. The molecule has 2 N–H and O–H groups in total. The van der Waals surface area contributed by atoms with Crippen LogP contribution in [0.25, 0.3) is 0 Å². The lowest BCUT2D eigenvalue weighted by molar-refractivity contribution is -0.384. The number of nitrogens with zero attached hydrogens (tertiary/aromatic N) is 5. The van der Waals surface area contributed by atoms with Gasteiger partial charge in [0.15, 0.2) is 0 Å². The maximum Gasteiger partial charge on any atom is 0.328 e. The smallest absolute Gasteiger partial charge is 0.328 e. The molecule has 0 heterocycles. The van der Waals surface area contributed by atoms with Gasteiger partial charge in [0.25, 0.3) is 5.69 Å². The third-order valence-corrected chi connectivity index (χ3v) is 4.79. The zero-order valence-corrected chi connectivity index (χ0v) is 22.4. The molecule has 0 aliphatic heterocycles. The van der Waals surface area contributed by atoms with Gasteiger partial charge in [0.1, 0.15) is 12.4 Å². The Kier molecular flexibility index (Phi) is 15.9. The number of ether oxygens (including phenoxy) is 1. The minimum absolute atomic E-state index is 0.00370. The van der Waals surface area contributed by atoms with Gasteiger partial charge < -0.3 is 34.5 Å². The number of rotatable bonds is 14. The third-order valence-electron chi connectivity index (χ3n) is 4.79. The van der Waals surface area contributed by atoms with E-state index >= 15 is 0 Å². The molecule has 0 radical (unpaired) electrons. The summed E-state index contributed by atoms with van der Waals surface area (Å²) in [5.41, 5.74) is 0.0220. The van der Waals surface area contributed by atoms with Gasteiger partial charge in [0.2, 0.25) is 0 Å². The summed E-state index contributed by atoms with van der Waals surface area (Å²) in [6.07, 6.45) is 1.12. The molecule has 0 saturated carbocycles. The molecule has 0 bridgehead atoms. The molecule has 0 unspecified atom stereocenters. The fourth-order valence-corrected chi connectivity index (χ4v) is 2.77. The van der Waals surface area contributed by atoms with Crippen LogP contribution in [0.1, 0.15) is 13.8 Å². The Hall–Kier alpha value is -3.71. The zero-order chi connectivity index (χ0) is 28.5. The Balaban J connectivity index is 0.00000139. The van der Waals surface area contributed by atoms with E-state index < -0.39 is 16.9 Å². The van der Waals surface area contributed by atoms with Gasteiger partial charge >= 0.3 is 18.0 Å². The van der Waals surface area contributed by atoms with Crippen molar-refractivity contribution in [2.75, 3.05) is 67.5 Å². The lowest BCUT2D eigenvalue weighted by Crippen LogP contribution is -2.51. The molecular formula is C24H39N5O8. The predicted octanol–water partition coefficient (Wildman–Crippen LogP) is 1.94. The van der Waals surface area contributed by atoms with E-state index in [1.807, 2.05) is 46.9 Å². The van der Waals surface area contributed by atoms with Crippen molar-refractivity contribution in [2.45, 2.75) is 19.9 Å². The van der Waals surface area contributed by atoms with Crippen LogP contribution in [0.3, 0.4) is 0 Å². The summed E-state index contributed by atoms with van der Waals surface area (Å²) in [4.78, 5) is 50.4. The minimum atomic E-state index is -1.26. The Bertz CT molecular complexity index is 860. The normalized spacial score (nSPS) is 10.8. The fraction of sp³-hybridized carbons (Fsp3) is 0.542. The topological polar surface area (TPSA) is 157 Å². The predicted molar refractivity (Wildman–Crippen MR) is 139 cm³/mol. The first kappa shape index (κ1) is 33.3. The number of aliphatic carboxylic acids is 2. The molecule has 0 aromatic heterocycles. The summed E-state index contributed by atoms with van der Waals surface area (Å²) >= 11 is 0. The van der Waals surface area contributed by atoms with E-state index in [0.717, 1.165) is 13.1 Å². The maximum atomic E-state index is 13.2. The monoisotopic (exact) mass is 525 g/mol. The Morgan fingerprint density at radius 1 is 0.892 bits per heavy atom.